The standard InChI is InChI=1S/C15H27N/c1-2-12-4-3-8-15(9-7-12)10-13(15)11-16-14-5-6-14/h12-14,16H,2-11H2,1H3. The van der Waals surface area contributed by atoms with E-state index in [1.807, 2.05) is 0 Å². The van der Waals surface area contributed by atoms with Crippen LogP contribution < -0.4 is 5.32 Å². The zero-order valence-corrected chi connectivity index (χ0v) is 10.8. The number of rotatable bonds is 4. The molecule has 3 atom stereocenters. The van der Waals surface area contributed by atoms with Crippen molar-refractivity contribution >= 4 is 0 Å². The molecule has 0 heterocycles. The fourth-order valence-corrected chi connectivity index (χ4v) is 3.84. The summed E-state index contributed by atoms with van der Waals surface area (Å²) in [5.41, 5.74) is 0.811. The van der Waals surface area contributed by atoms with Gasteiger partial charge >= 0.3 is 0 Å². The van der Waals surface area contributed by atoms with Gasteiger partial charge in [-0.15, -0.1) is 0 Å². The van der Waals surface area contributed by atoms with Crippen LogP contribution in [-0.4, -0.2) is 12.6 Å². The quantitative estimate of drug-likeness (QED) is 0.762. The fraction of sp³-hybridized carbons (Fsp3) is 1.00. The van der Waals surface area contributed by atoms with Crippen molar-refractivity contribution in [3.63, 3.8) is 0 Å². The van der Waals surface area contributed by atoms with Crippen molar-refractivity contribution in [3.05, 3.63) is 0 Å². The van der Waals surface area contributed by atoms with E-state index in [0.29, 0.717) is 0 Å². The van der Waals surface area contributed by atoms with E-state index in [1.165, 1.54) is 45.1 Å². The molecule has 3 aliphatic rings. The highest BCUT2D eigenvalue weighted by molar-refractivity contribution is 5.04. The van der Waals surface area contributed by atoms with E-state index in [-0.39, 0.29) is 0 Å². The normalized spacial score (nSPS) is 43.3. The van der Waals surface area contributed by atoms with E-state index in [0.717, 1.165) is 23.3 Å². The van der Waals surface area contributed by atoms with Gasteiger partial charge in [0.05, 0.1) is 0 Å². The Morgan fingerprint density at radius 3 is 2.75 bits per heavy atom. The summed E-state index contributed by atoms with van der Waals surface area (Å²) in [5, 5.41) is 3.74. The van der Waals surface area contributed by atoms with Gasteiger partial charge in [-0.1, -0.05) is 26.2 Å². The lowest BCUT2D eigenvalue weighted by Crippen LogP contribution is -2.21. The average Bonchev–Trinajstić information content (AvgIpc) is 3.16. The molecule has 3 aliphatic carbocycles. The van der Waals surface area contributed by atoms with Gasteiger partial charge in [0.25, 0.3) is 0 Å². The molecule has 3 rings (SSSR count). The first-order valence-electron chi connectivity index (χ1n) is 7.56. The Morgan fingerprint density at radius 1 is 1.12 bits per heavy atom. The van der Waals surface area contributed by atoms with Crippen molar-refractivity contribution in [1.82, 2.24) is 5.32 Å². The Hall–Kier alpha value is -0.0400. The summed E-state index contributed by atoms with van der Waals surface area (Å²) in [5.74, 6) is 2.10. The molecule has 92 valence electrons. The average molecular weight is 221 g/mol. The molecular weight excluding hydrogens is 194 g/mol. The second kappa shape index (κ2) is 4.33. The Kier molecular flexibility index (Phi) is 2.99. The Labute approximate surface area is 100 Å². The number of nitrogens with one attached hydrogen (secondary N) is 1. The molecule has 1 nitrogen and oxygen atoms in total. The molecule has 3 saturated carbocycles. The molecule has 0 aromatic rings. The maximum atomic E-state index is 3.74. The van der Waals surface area contributed by atoms with Gasteiger partial charge in [-0.3, -0.25) is 0 Å². The van der Waals surface area contributed by atoms with E-state index in [1.54, 1.807) is 19.3 Å². The van der Waals surface area contributed by atoms with E-state index in [4.69, 9.17) is 0 Å². The molecule has 0 bridgehead atoms. The maximum Gasteiger partial charge on any atom is 0.00683 e. The summed E-state index contributed by atoms with van der Waals surface area (Å²) in [7, 11) is 0. The van der Waals surface area contributed by atoms with Crippen LogP contribution in [0.4, 0.5) is 0 Å². The van der Waals surface area contributed by atoms with Crippen molar-refractivity contribution in [2.75, 3.05) is 6.54 Å². The van der Waals surface area contributed by atoms with Gasteiger partial charge in [0.2, 0.25) is 0 Å². The summed E-state index contributed by atoms with van der Waals surface area (Å²) in [4.78, 5) is 0. The molecule has 3 unspecified atom stereocenters. The predicted molar refractivity (Wildman–Crippen MR) is 68.4 cm³/mol. The monoisotopic (exact) mass is 221 g/mol. The molecule has 0 aliphatic heterocycles. The van der Waals surface area contributed by atoms with Crippen LogP contribution >= 0.6 is 0 Å². The van der Waals surface area contributed by atoms with Gasteiger partial charge in [-0.05, 0) is 62.3 Å². The molecule has 1 N–H and O–H groups in total. The van der Waals surface area contributed by atoms with Gasteiger partial charge < -0.3 is 5.32 Å². The summed E-state index contributed by atoms with van der Waals surface area (Å²) in [6.45, 7) is 3.71. The SMILES string of the molecule is CCC1CCCC2(CC1)CC2CNC1CC1. The van der Waals surface area contributed by atoms with Crippen LogP contribution in [-0.2, 0) is 0 Å². The Morgan fingerprint density at radius 2 is 2.00 bits per heavy atom. The topological polar surface area (TPSA) is 12.0 Å². The van der Waals surface area contributed by atoms with Crippen LogP contribution in [0.3, 0.4) is 0 Å². The lowest BCUT2D eigenvalue weighted by Gasteiger charge is -2.15. The summed E-state index contributed by atoms with van der Waals surface area (Å²) in [6, 6.07) is 0.909. The minimum Gasteiger partial charge on any atom is -0.314 e. The molecule has 1 heteroatoms. The Bertz CT molecular complexity index is 246. The molecule has 1 spiro atoms. The predicted octanol–water partition coefficient (Wildman–Crippen LogP) is 3.74. The van der Waals surface area contributed by atoms with Crippen LogP contribution in [0, 0.1) is 17.3 Å². The second-order valence-corrected chi connectivity index (χ2v) is 6.65. The molecular formula is C15H27N. The van der Waals surface area contributed by atoms with E-state index in [9.17, 15) is 0 Å². The number of hydrogen-bond donors (Lipinski definition) is 1. The highest BCUT2D eigenvalue weighted by Crippen LogP contribution is 2.61. The largest absolute Gasteiger partial charge is 0.314 e. The minimum absolute atomic E-state index is 0.811. The van der Waals surface area contributed by atoms with Gasteiger partial charge in [-0.2, -0.15) is 0 Å². The third-order valence-corrected chi connectivity index (χ3v) is 5.50. The van der Waals surface area contributed by atoms with Gasteiger partial charge in [0, 0.05) is 6.04 Å². The maximum absolute atomic E-state index is 3.74. The smallest absolute Gasteiger partial charge is 0.00683 e. The van der Waals surface area contributed by atoms with Crippen molar-refractivity contribution in [2.24, 2.45) is 17.3 Å². The first-order valence-corrected chi connectivity index (χ1v) is 7.56. The summed E-state index contributed by atoms with van der Waals surface area (Å²) >= 11 is 0. The lowest BCUT2D eigenvalue weighted by molar-refractivity contribution is 0.371. The number of hydrogen-bond acceptors (Lipinski definition) is 1. The molecule has 16 heavy (non-hydrogen) atoms. The van der Waals surface area contributed by atoms with Crippen LogP contribution in [0.2, 0.25) is 0 Å². The molecule has 3 fully saturated rings. The first kappa shape index (κ1) is 11.1. The molecule has 0 radical (unpaired) electrons. The molecule has 0 amide bonds. The molecule has 0 aromatic heterocycles. The Balaban J connectivity index is 1.47. The van der Waals surface area contributed by atoms with Crippen LogP contribution in [0.5, 0.6) is 0 Å². The first-order chi connectivity index (χ1) is 7.82. The zero-order valence-electron chi connectivity index (χ0n) is 10.8. The van der Waals surface area contributed by atoms with E-state index in [2.05, 4.69) is 12.2 Å². The van der Waals surface area contributed by atoms with Gasteiger partial charge in [0.1, 0.15) is 0 Å². The van der Waals surface area contributed by atoms with E-state index < -0.39 is 0 Å². The van der Waals surface area contributed by atoms with Crippen molar-refractivity contribution in [2.45, 2.75) is 70.8 Å². The fourth-order valence-electron chi connectivity index (χ4n) is 3.84. The highest BCUT2D eigenvalue weighted by atomic mass is 15.0. The highest BCUT2D eigenvalue weighted by Gasteiger charge is 2.53. The van der Waals surface area contributed by atoms with Crippen molar-refractivity contribution in [1.29, 1.82) is 0 Å². The van der Waals surface area contributed by atoms with Gasteiger partial charge in [0.15, 0.2) is 0 Å². The third kappa shape index (κ3) is 2.30. The van der Waals surface area contributed by atoms with Crippen LogP contribution in [0.15, 0.2) is 0 Å². The molecule has 0 saturated heterocycles. The van der Waals surface area contributed by atoms with Crippen LogP contribution in [0.1, 0.15) is 64.7 Å². The van der Waals surface area contributed by atoms with Crippen LogP contribution in [0.25, 0.3) is 0 Å². The zero-order chi connectivity index (χ0) is 11.0. The lowest BCUT2D eigenvalue weighted by atomic mass is 9.92. The third-order valence-electron chi connectivity index (χ3n) is 5.50. The second-order valence-electron chi connectivity index (χ2n) is 6.65. The molecule has 0 aromatic carbocycles. The summed E-state index contributed by atoms with van der Waals surface area (Å²) in [6.07, 6.45) is 13.5. The van der Waals surface area contributed by atoms with E-state index >= 15 is 0 Å². The minimum atomic E-state index is 0.811. The van der Waals surface area contributed by atoms with Crippen molar-refractivity contribution < 1.29 is 0 Å². The van der Waals surface area contributed by atoms with Gasteiger partial charge in [-0.25, -0.2) is 0 Å². The van der Waals surface area contributed by atoms with Crippen molar-refractivity contribution in [3.8, 4) is 0 Å². The summed E-state index contributed by atoms with van der Waals surface area (Å²) < 4.78 is 0.